The molecule has 0 spiro atoms. The molecule has 3 nitrogen and oxygen atoms in total. The van der Waals surface area contributed by atoms with Gasteiger partial charge in [-0.2, -0.15) is 0 Å². The molecule has 0 saturated carbocycles. The van der Waals surface area contributed by atoms with Gasteiger partial charge in [0, 0.05) is 22.8 Å². The molecule has 0 aliphatic heterocycles. The SMILES string of the molecule is O=C(O)CCNCc1ccc(-c2ccccc2)s1. The maximum absolute atomic E-state index is 10.4. The fourth-order valence-corrected chi connectivity index (χ4v) is 2.62. The minimum Gasteiger partial charge on any atom is -0.481 e. The van der Waals surface area contributed by atoms with Crippen molar-refractivity contribution in [1.82, 2.24) is 5.32 Å². The summed E-state index contributed by atoms with van der Waals surface area (Å²) in [6.07, 6.45) is 0.164. The number of carboxylic acid groups (broad SMARTS) is 1. The molecule has 0 saturated heterocycles. The van der Waals surface area contributed by atoms with Crippen LogP contribution in [-0.2, 0) is 11.3 Å². The first-order valence-corrected chi connectivity index (χ1v) is 6.64. The highest BCUT2D eigenvalue weighted by molar-refractivity contribution is 7.15. The van der Waals surface area contributed by atoms with Crippen LogP contribution in [0.15, 0.2) is 42.5 Å². The summed E-state index contributed by atoms with van der Waals surface area (Å²) in [6, 6.07) is 14.4. The third-order valence-corrected chi connectivity index (χ3v) is 3.67. The molecule has 2 rings (SSSR count). The van der Waals surface area contributed by atoms with Crippen molar-refractivity contribution in [3.8, 4) is 10.4 Å². The van der Waals surface area contributed by atoms with Gasteiger partial charge >= 0.3 is 5.97 Å². The smallest absolute Gasteiger partial charge is 0.304 e. The molecule has 0 aliphatic rings. The van der Waals surface area contributed by atoms with Crippen LogP contribution in [-0.4, -0.2) is 17.6 Å². The molecule has 0 radical (unpaired) electrons. The fraction of sp³-hybridized carbons (Fsp3) is 0.214. The minimum atomic E-state index is -0.765. The van der Waals surface area contributed by atoms with E-state index >= 15 is 0 Å². The normalized spacial score (nSPS) is 10.4. The van der Waals surface area contributed by atoms with Crippen molar-refractivity contribution in [2.75, 3.05) is 6.54 Å². The molecule has 1 heterocycles. The van der Waals surface area contributed by atoms with Crippen molar-refractivity contribution in [2.45, 2.75) is 13.0 Å². The highest BCUT2D eigenvalue weighted by Gasteiger charge is 2.02. The quantitative estimate of drug-likeness (QED) is 0.786. The fourth-order valence-electron chi connectivity index (χ4n) is 1.64. The van der Waals surface area contributed by atoms with Crippen molar-refractivity contribution in [3.63, 3.8) is 0 Å². The molecular formula is C14H15NO2S. The summed E-state index contributed by atoms with van der Waals surface area (Å²) in [6.45, 7) is 1.23. The molecule has 1 aromatic carbocycles. The molecule has 0 fully saturated rings. The molecule has 2 N–H and O–H groups in total. The predicted octanol–water partition coefficient (Wildman–Crippen LogP) is 2.98. The molecule has 18 heavy (non-hydrogen) atoms. The molecule has 0 aliphatic carbocycles. The van der Waals surface area contributed by atoms with Gasteiger partial charge in [-0.05, 0) is 17.7 Å². The van der Waals surface area contributed by atoms with Crippen molar-refractivity contribution < 1.29 is 9.90 Å². The molecule has 0 unspecified atom stereocenters. The van der Waals surface area contributed by atoms with Crippen molar-refractivity contribution in [2.24, 2.45) is 0 Å². The van der Waals surface area contributed by atoms with E-state index in [1.807, 2.05) is 18.2 Å². The Morgan fingerprint density at radius 2 is 1.94 bits per heavy atom. The Hall–Kier alpha value is -1.65. The lowest BCUT2D eigenvalue weighted by atomic mass is 10.2. The van der Waals surface area contributed by atoms with E-state index in [-0.39, 0.29) is 6.42 Å². The van der Waals surface area contributed by atoms with Gasteiger partial charge in [-0.15, -0.1) is 11.3 Å². The second-order valence-electron chi connectivity index (χ2n) is 3.95. The van der Waals surface area contributed by atoms with Gasteiger partial charge in [-0.3, -0.25) is 4.79 Å². The van der Waals surface area contributed by atoms with Gasteiger partial charge in [0.05, 0.1) is 6.42 Å². The maximum Gasteiger partial charge on any atom is 0.304 e. The second kappa shape index (κ2) is 6.33. The van der Waals surface area contributed by atoms with E-state index in [9.17, 15) is 4.79 Å². The van der Waals surface area contributed by atoms with Gasteiger partial charge in [-0.1, -0.05) is 30.3 Å². The molecule has 0 amide bonds. The lowest BCUT2D eigenvalue weighted by Gasteiger charge is -1.99. The van der Waals surface area contributed by atoms with E-state index in [0.29, 0.717) is 6.54 Å². The number of hydrogen-bond acceptors (Lipinski definition) is 3. The number of thiophene rings is 1. The van der Waals surface area contributed by atoms with E-state index in [0.717, 1.165) is 6.54 Å². The van der Waals surface area contributed by atoms with Crippen LogP contribution in [0.1, 0.15) is 11.3 Å². The van der Waals surface area contributed by atoms with Crippen LogP contribution in [0.25, 0.3) is 10.4 Å². The van der Waals surface area contributed by atoms with Crippen LogP contribution in [0.4, 0.5) is 0 Å². The largest absolute Gasteiger partial charge is 0.481 e. The van der Waals surface area contributed by atoms with Crippen molar-refractivity contribution in [1.29, 1.82) is 0 Å². The lowest BCUT2D eigenvalue weighted by Crippen LogP contribution is -2.16. The summed E-state index contributed by atoms with van der Waals surface area (Å²) >= 11 is 1.73. The molecular weight excluding hydrogens is 246 g/mol. The first-order valence-electron chi connectivity index (χ1n) is 5.82. The van der Waals surface area contributed by atoms with Gasteiger partial charge in [0.25, 0.3) is 0 Å². The highest BCUT2D eigenvalue weighted by atomic mass is 32.1. The second-order valence-corrected chi connectivity index (χ2v) is 5.12. The van der Waals surface area contributed by atoms with E-state index in [4.69, 9.17) is 5.11 Å². The molecule has 4 heteroatoms. The third-order valence-electron chi connectivity index (χ3n) is 2.53. The summed E-state index contributed by atoms with van der Waals surface area (Å²) in [5.74, 6) is -0.765. The first kappa shape index (κ1) is 12.8. The van der Waals surface area contributed by atoms with Crippen LogP contribution in [0.2, 0.25) is 0 Å². The number of rotatable bonds is 6. The molecule has 1 aromatic heterocycles. The van der Waals surface area contributed by atoms with Crippen LogP contribution >= 0.6 is 11.3 Å². The zero-order valence-corrected chi connectivity index (χ0v) is 10.7. The van der Waals surface area contributed by atoms with E-state index in [1.165, 1.54) is 15.3 Å². The average molecular weight is 261 g/mol. The average Bonchev–Trinajstić information content (AvgIpc) is 2.84. The standard InChI is InChI=1S/C14H15NO2S/c16-14(17)8-9-15-10-12-6-7-13(18-12)11-4-2-1-3-5-11/h1-7,15H,8-10H2,(H,16,17). The van der Waals surface area contributed by atoms with Gasteiger partial charge in [0.15, 0.2) is 0 Å². The van der Waals surface area contributed by atoms with E-state index in [2.05, 4.69) is 29.6 Å². The van der Waals surface area contributed by atoms with Crippen molar-refractivity contribution in [3.05, 3.63) is 47.3 Å². The van der Waals surface area contributed by atoms with E-state index in [1.54, 1.807) is 11.3 Å². The molecule has 0 atom stereocenters. The number of carboxylic acids is 1. The zero-order valence-electron chi connectivity index (χ0n) is 9.93. The summed E-state index contributed by atoms with van der Waals surface area (Å²) in [7, 11) is 0. The molecule has 0 bridgehead atoms. The Bertz CT molecular complexity index is 508. The number of benzene rings is 1. The minimum absolute atomic E-state index is 0.164. The zero-order chi connectivity index (χ0) is 12.8. The Balaban J connectivity index is 1.89. The Labute approximate surface area is 110 Å². The summed E-state index contributed by atoms with van der Waals surface area (Å²) in [4.78, 5) is 12.8. The van der Waals surface area contributed by atoms with Gasteiger partial charge in [-0.25, -0.2) is 0 Å². The summed E-state index contributed by atoms with van der Waals surface area (Å²) in [5, 5.41) is 11.7. The number of nitrogens with one attached hydrogen (secondary N) is 1. The summed E-state index contributed by atoms with van der Waals surface area (Å²) in [5.41, 5.74) is 1.22. The Morgan fingerprint density at radius 3 is 2.67 bits per heavy atom. The van der Waals surface area contributed by atoms with Gasteiger partial charge < -0.3 is 10.4 Å². The Kier molecular flexibility index (Phi) is 4.50. The maximum atomic E-state index is 10.4. The number of aliphatic carboxylic acids is 1. The monoisotopic (exact) mass is 261 g/mol. The topological polar surface area (TPSA) is 49.3 Å². The van der Waals surface area contributed by atoms with E-state index < -0.39 is 5.97 Å². The first-order chi connectivity index (χ1) is 8.75. The van der Waals surface area contributed by atoms with Crippen molar-refractivity contribution >= 4 is 17.3 Å². The van der Waals surface area contributed by atoms with Crippen LogP contribution in [0, 0.1) is 0 Å². The molecule has 2 aromatic rings. The number of carbonyl (C=O) groups is 1. The number of hydrogen-bond donors (Lipinski definition) is 2. The Morgan fingerprint density at radius 1 is 1.17 bits per heavy atom. The van der Waals surface area contributed by atoms with Gasteiger partial charge in [0.1, 0.15) is 0 Å². The summed E-state index contributed by atoms with van der Waals surface area (Å²) < 4.78 is 0. The third kappa shape index (κ3) is 3.68. The van der Waals surface area contributed by atoms with Crippen LogP contribution < -0.4 is 5.32 Å². The molecule has 94 valence electrons. The van der Waals surface area contributed by atoms with Crippen LogP contribution in [0.5, 0.6) is 0 Å². The van der Waals surface area contributed by atoms with Crippen LogP contribution in [0.3, 0.4) is 0 Å². The highest BCUT2D eigenvalue weighted by Crippen LogP contribution is 2.27. The predicted molar refractivity (Wildman–Crippen MR) is 73.7 cm³/mol. The lowest BCUT2D eigenvalue weighted by molar-refractivity contribution is -0.136. The van der Waals surface area contributed by atoms with Gasteiger partial charge in [0.2, 0.25) is 0 Å².